The van der Waals surface area contributed by atoms with Gasteiger partial charge in [-0.3, -0.25) is 4.79 Å². The Bertz CT molecular complexity index is 1260. The number of benzene rings is 3. The van der Waals surface area contributed by atoms with Gasteiger partial charge in [-0.1, -0.05) is 36.4 Å². The number of aryl methyl sites for hydroxylation is 1. The van der Waals surface area contributed by atoms with Crippen molar-refractivity contribution in [3.05, 3.63) is 95.3 Å². The number of carbonyl (C=O) groups excluding carboxylic acids is 1. The smallest absolute Gasteiger partial charge is 0.271 e. The number of hydrogen-bond donors (Lipinski definition) is 1. The van der Waals surface area contributed by atoms with Gasteiger partial charge in [-0.25, -0.2) is 5.43 Å². The van der Waals surface area contributed by atoms with Crippen LogP contribution in [0.4, 0.5) is 5.69 Å². The van der Waals surface area contributed by atoms with Gasteiger partial charge in [-0.05, 0) is 61.0 Å². The molecule has 1 N–H and O–H groups in total. The van der Waals surface area contributed by atoms with Crippen LogP contribution in [0.25, 0.3) is 16.5 Å². The highest BCUT2D eigenvalue weighted by Crippen LogP contribution is 2.22. The molecular formula is C26H26N4O. The van der Waals surface area contributed by atoms with Crippen molar-refractivity contribution < 1.29 is 4.79 Å². The van der Waals surface area contributed by atoms with E-state index in [9.17, 15) is 4.79 Å². The molecule has 1 amide bonds. The second-order valence-electron chi connectivity index (χ2n) is 7.80. The van der Waals surface area contributed by atoms with Gasteiger partial charge in [0, 0.05) is 48.0 Å². The lowest BCUT2D eigenvalue weighted by atomic mass is 10.0. The lowest BCUT2D eigenvalue weighted by Gasteiger charge is -2.14. The van der Waals surface area contributed by atoms with Crippen LogP contribution in [0.3, 0.4) is 0 Å². The Morgan fingerprint density at radius 3 is 2.42 bits per heavy atom. The zero-order valence-corrected chi connectivity index (χ0v) is 18.3. The molecule has 5 heteroatoms. The van der Waals surface area contributed by atoms with Crippen molar-refractivity contribution in [3.63, 3.8) is 0 Å². The Balaban J connectivity index is 1.54. The Labute approximate surface area is 182 Å². The summed E-state index contributed by atoms with van der Waals surface area (Å²) in [7, 11) is 4.06. The van der Waals surface area contributed by atoms with Crippen LogP contribution in [0.1, 0.15) is 27.3 Å². The average Bonchev–Trinajstić information content (AvgIpc) is 3.06. The van der Waals surface area contributed by atoms with Gasteiger partial charge in [0.25, 0.3) is 5.91 Å². The monoisotopic (exact) mass is 410 g/mol. The van der Waals surface area contributed by atoms with Gasteiger partial charge in [0.15, 0.2) is 0 Å². The Kier molecular flexibility index (Phi) is 5.58. The van der Waals surface area contributed by atoms with Gasteiger partial charge >= 0.3 is 0 Å². The van der Waals surface area contributed by atoms with Crippen molar-refractivity contribution in [1.29, 1.82) is 0 Å². The molecule has 0 aliphatic carbocycles. The molecular weight excluding hydrogens is 384 g/mol. The quantitative estimate of drug-likeness (QED) is 0.369. The second kappa shape index (κ2) is 8.48. The third kappa shape index (κ3) is 4.08. The maximum absolute atomic E-state index is 12.7. The molecule has 0 saturated heterocycles. The highest BCUT2D eigenvalue weighted by Gasteiger charge is 2.11. The van der Waals surface area contributed by atoms with Gasteiger partial charge in [-0.2, -0.15) is 5.10 Å². The van der Waals surface area contributed by atoms with Gasteiger partial charge in [0.05, 0.1) is 6.21 Å². The summed E-state index contributed by atoms with van der Waals surface area (Å²) in [6.45, 7) is 4.12. The zero-order chi connectivity index (χ0) is 22.0. The molecule has 0 aliphatic heterocycles. The topological polar surface area (TPSA) is 49.6 Å². The fourth-order valence-electron chi connectivity index (χ4n) is 3.86. The fourth-order valence-corrected chi connectivity index (χ4v) is 3.86. The van der Waals surface area contributed by atoms with Crippen LogP contribution >= 0.6 is 0 Å². The van der Waals surface area contributed by atoms with Crippen molar-refractivity contribution >= 4 is 28.6 Å². The van der Waals surface area contributed by atoms with E-state index in [0.717, 1.165) is 39.1 Å². The molecule has 0 bridgehead atoms. The third-order valence-electron chi connectivity index (χ3n) is 5.50. The van der Waals surface area contributed by atoms with E-state index >= 15 is 0 Å². The number of hydrazone groups is 1. The van der Waals surface area contributed by atoms with E-state index < -0.39 is 0 Å². The minimum absolute atomic E-state index is 0.221. The number of anilines is 1. The average molecular weight is 411 g/mol. The normalized spacial score (nSPS) is 11.2. The summed E-state index contributed by atoms with van der Waals surface area (Å²) in [4.78, 5) is 14.8. The first-order chi connectivity index (χ1) is 15.0. The standard InChI is InChI=1S/C26H26N4O/c1-18-16-21(19(2)30(18)23-14-12-22(13-15-23)29(3)4)17-27-28-26(31)25-11-7-9-20-8-5-6-10-24(20)25/h5-17H,1-4H3,(H,28,31)/b27-17+. The number of hydrogen-bond acceptors (Lipinski definition) is 3. The minimum atomic E-state index is -0.221. The van der Waals surface area contributed by atoms with E-state index in [1.165, 1.54) is 0 Å². The predicted octanol–water partition coefficient (Wildman–Crippen LogP) is 5.08. The molecule has 4 aromatic rings. The molecule has 3 aromatic carbocycles. The highest BCUT2D eigenvalue weighted by molar-refractivity contribution is 6.07. The maximum Gasteiger partial charge on any atom is 0.271 e. The summed E-state index contributed by atoms with van der Waals surface area (Å²) in [5.74, 6) is -0.221. The molecule has 0 fully saturated rings. The van der Waals surface area contributed by atoms with Crippen LogP contribution < -0.4 is 10.3 Å². The van der Waals surface area contributed by atoms with Crippen LogP contribution in [-0.4, -0.2) is 30.8 Å². The van der Waals surface area contributed by atoms with Gasteiger partial charge in [-0.15, -0.1) is 0 Å². The Hall–Kier alpha value is -3.86. The summed E-state index contributed by atoms with van der Waals surface area (Å²) in [5, 5.41) is 6.17. The number of nitrogens with zero attached hydrogens (tertiary/aromatic N) is 3. The molecule has 156 valence electrons. The molecule has 31 heavy (non-hydrogen) atoms. The summed E-state index contributed by atoms with van der Waals surface area (Å²) < 4.78 is 2.19. The van der Waals surface area contributed by atoms with E-state index in [4.69, 9.17) is 0 Å². The fraction of sp³-hybridized carbons (Fsp3) is 0.154. The zero-order valence-electron chi connectivity index (χ0n) is 18.3. The summed E-state index contributed by atoms with van der Waals surface area (Å²) in [5.41, 5.74) is 8.68. The van der Waals surface area contributed by atoms with E-state index in [1.54, 1.807) is 6.21 Å². The lowest BCUT2D eigenvalue weighted by Crippen LogP contribution is -2.18. The largest absolute Gasteiger partial charge is 0.378 e. The maximum atomic E-state index is 12.7. The first-order valence-corrected chi connectivity index (χ1v) is 10.2. The first-order valence-electron chi connectivity index (χ1n) is 10.2. The van der Waals surface area contributed by atoms with E-state index in [-0.39, 0.29) is 5.91 Å². The second-order valence-corrected chi connectivity index (χ2v) is 7.80. The van der Waals surface area contributed by atoms with E-state index in [1.807, 2.05) is 56.6 Å². The van der Waals surface area contributed by atoms with Crippen LogP contribution in [0.5, 0.6) is 0 Å². The molecule has 5 nitrogen and oxygen atoms in total. The number of carbonyl (C=O) groups is 1. The SMILES string of the molecule is Cc1cc(/C=N/NC(=O)c2cccc3ccccc23)c(C)n1-c1ccc(N(C)C)cc1. The highest BCUT2D eigenvalue weighted by atomic mass is 16.2. The molecule has 0 atom stereocenters. The molecule has 1 aromatic heterocycles. The van der Waals surface area contributed by atoms with Crippen molar-refractivity contribution in [1.82, 2.24) is 9.99 Å². The van der Waals surface area contributed by atoms with Gasteiger partial charge in [0.1, 0.15) is 0 Å². The van der Waals surface area contributed by atoms with Crippen LogP contribution in [0.15, 0.2) is 77.9 Å². The summed E-state index contributed by atoms with van der Waals surface area (Å²) >= 11 is 0. The number of amides is 1. The van der Waals surface area contributed by atoms with E-state index in [0.29, 0.717) is 5.56 Å². The van der Waals surface area contributed by atoms with Crippen LogP contribution in [0.2, 0.25) is 0 Å². The molecule has 0 unspecified atom stereocenters. The Morgan fingerprint density at radius 1 is 0.968 bits per heavy atom. The molecule has 4 rings (SSSR count). The minimum Gasteiger partial charge on any atom is -0.378 e. The molecule has 0 spiro atoms. The van der Waals surface area contributed by atoms with Gasteiger partial charge in [0.2, 0.25) is 0 Å². The van der Waals surface area contributed by atoms with Crippen molar-refractivity contribution in [2.24, 2.45) is 5.10 Å². The molecule has 0 saturated carbocycles. The predicted molar refractivity (Wildman–Crippen MR) is 129 cm³/mol. The molecule has 1 heterocycles. The summed E-state index contributed by atoms with van der Waals surface area (Å²) in [6.07, 6.45) is 1.70. The van der Waals surface area contributed by atoms with Crippen molar-refractivity contribution in [3.8, 4) is 5.69 Å². The first kappa shape index (κ1) is 20.4. The third-order valence-corrected chi connectivity index (χ3v) is 5.50. The number of nitrogens with one attached hydrogen (secondary N) is 1. The summed E-state index contributed by atoms with van der Waals surface area (Å²) in [6, 6.07) is 24.0. The van der Waals surface area contributed by atoms with E-state index in [2.05, 4.69) is 64.2 Å². The number of fused-ring (bicyclic) bond motifs is 1. The van der Waals surface area contributed by atoms with Crippen LogP contribution in [-0.2, 0) is 0 Å². The van der Waals surface area contributed by atoms with Crippen molar-refractivity contribution in [2.45, 2.75) is 13.8 Å². The number of rotatable bonds is 5. The number of aromatic nitrogens is 1. The lowest BCUT2D eigenvalue weighted by molar-refractivity contribution is 0.0957. The van der Waals surface area contributed by atoms with Gasteiger partial charge < -0.3 is 9.47 Å². The Morgan fingerprint density at radius 2 is 1.68 bits per heavy atom. The van der Waals surface area contributed by atoms with Crippen LogP contribution in [0, 0.1) is 13.8 Å². The van der Waals surface area contributed by atoms with Crippen molar-refractivity contribution in [2.75, 3.05) is 19.0 Å². The molecule has 0 aliphatic rings. The molecule has 0 radical (unpaired) electrons.